The maximum Gasteiger partial charge on any atom is 0.338 e. The fraction of sp³-hybridized carbons (Fsp3) is 0.688. The lowest BCUT2D eigenvalue weighted by atomic mass is 10.2. The number of benzene rings is 2. The van der Waals surface area contributed by atoms with Gasteiger partial charge in [0.15, 0.2) is 5.78 Å². The summed E-state index contributed by atoms with van der Waals surface area (Å²) in [6, 6.07) is 16.0. The minimum Gasteiger partial charge on any atom is -0.486 e. The lowest BCUT2D eigenvalue weighted by molar-refractivity contribution is -0.156. The van der Waals surface area contributed by atoms with Gasteiger partial charge in [-0.3, -0.25) is 9.59 Å². The topological polar surface area (TPSA) is 190 Å². The third-order valence-corrected chi connectivity index (χ3v) is 8.39. The molecule has 0 N–H and O–H groups in total. The molecular formula is C48H76O18. The highest BCUT2D eigenvalue weighted by Crippen LogP contribution is 2.15. The molecule has 2 rings (SSSR count). The Bertz CT molecular complexity index is 1460. The number of esters is 2. The third-order valence-electron chi connectivity index (χ3n) is 8.39. The molecule has 2 aromatic carbocycles. The van der Waals surface area contributed by atoms with Crippen molar-refractivity contribution in [2.45, 2.75) is 52.2 Å². The van der Waals surface area contributed by atoms with Gasteiger partial charge < -0.3 is 71.1 Å². The van der Waals surface area contributed by atoms with E-state index >= 15 is 0 Å². The van der Waals surface area contributed by atoms with Gasteiger partial charge in [-0.05, 0) is 51.0 Å². The first-order valence-corrected chi connectivity index (χ1v) is 22.8. The highest BCUT2D eigenvalue weighted by molar-refractivity contribution is 5.89. The SMILES string of the molecule is CC(C)(C)OC(=O)CCOCCOCCOCCOCCOCCOCCOCCOCCOCCOCCOCCOCCCC(=O)COc1cccc(C(=O)OCc2ccccc2)c1. The molecule has 18 nitrogen and oxygen atoms in total. The number of rotatable bonds is 46. The van der Waals surface area contributed by atoms with Crippen molar-refractivity contribution < 1.29 is 85.4 Å². The average molecular weight is 941 g/mol. The fourth-order valence-electron chi connectivity index (χ4n) is 5.20. The van der Waals surface area contributed by atoms with Crippen LogP contribution in [0, 0.1) is 0 Å². The second-order valence-electron chi connectivity index (χ2n) is 15.2. The summed E-state index contributed by atoms with van der Waals surface area (Å²) in [6.07, 6.45) is 1.12. The molecule has 0 fully saturated rings. The van der Waals surface area contributed by atoms with Gasteiger partial charge in [0.2, 0.25) is 0 Å². The first-order valence-electron chi connectivity index (χ1n) is 22.8. The number of carbonyl (C=O) groups excluding carboxylic acids is 3. The molecule has 0 atom stereocenters. The molecule has 0 saturated heterocycles. The van der Waals surface area contributed by atoms with Crippen LogP contribution < -0.4 is 4.74 Å². The second kappa shape index (κ2) is 41.5. The lowest BCUT2D eigenvalue weighted by Crippen LogP contribution is -2.24. The number of carbonyl (C=O) groups is 3. The zero-order chi connectivity index (χ0) is 47.4. The van der Waals surface area contributed by atoms with Crippen LogP contribution in [0.25, 0.3) is 0 Å². The minimum atomic E-state index is -0.484. The predicted octanol–water partition coefficient (Wildman–Crippen LogP) is 4.70. The Morgan fingerprint density at radius 3 is 1.24 bits per heavy atom. The van der Waals surface area contributed by atoms with Crippen molar-refractivity contribution in [3.05, 3.63) is 65.7 Å². The molecule has 0 heterocycles. The van der Waals surface area contributed by atoms with Gasteiger partial charge in [-0.25, -0.2) is 4.79 Å². The Kier molecular flexibility index (Phi) is 36.8. The molecule has 0 spiro atoms. The monoisotopic (exact) mass is 941 g/mol. The van der Waals surface area contributed by atoms with Crippen molar-refractivity contribution in [1.82, 2.24) is 0 Å². The normalized spacial score (nSPS) is 11.5. The summed E-state index contributed by atoms with van der Waals surface area (Å²) >= 11 is 0. The predicted molar refractivity (Wildman–Crippen MR) is 242 cm³/mol. The zero-order valence-corrected chi connectivity index (χ0v) is 39.6. The van der Waals surface area contributed by atoms with Crippen LogP contribution in [0.4, 0.5) is 0 Å². The Labute approximate surface area is 391 Å². The molecule has 0 aliphatic carbocycles. The van der Waals surface area contributed by atoms with Crippen LogP contribution in [0.15, 0.2) is 54.6 Å². The molecule has 2 aromatic rings. The smallest absolute Gasteiger partial charge is 0.338 e. The van der Waals surface area contributed by atoms with E-state index in [1.165, 1.54) is 0 Å². The molecule has 0 bridgehead atoms. The van der Waals surface area contributed by atoms with Crippen molar-refractivity contribution in [1.29, 1.82) is 0 Å². The van der Waals surface area contributed by atoms with E-state index in [-0.39, 0.29) is 31.4 Å². The third kappa shape index (κ3) is 37.5. The molecule has 0 aromatic heterocycles. The number of Topliss-reactive ketones (excluding diaryl/α,β-unsaturated/α-hetero) is 1. The van der Waals surface area contributed by atoms with E-state index < -0.39 is 11.6 Å². The Hall–Kier alpha value is -3.63. The molecule has 376 valence electrons. The van der Waals surface area contributed by atoms with Crippen molar-refractivity contribution in [3.63, 3.8) is 0 Å². The number of ether oxygens (including phenoxy) is 15. The van der Waals surface area contributed by atoms with Crippen LogP contribution >= 0.6 is 0 Å². The first-order chi connectivity index (χ1) is 32.2. The van der Waals surface area contributed by atoms with Crippen molar-refractivity contribution in [2.24, 2.45) is 0 Å². The van der Waals surface area contributed by atoms with Crippen LogP contribution in [-0.2, 0) is 82.5 Å². The Balaban J connectivity index is 1.19. The molecule has 0 aliphatic heterocycles. The molecule has 0 unspecified atom stereocenters. The molecule has 0 radical (unpaired) electrons. The van der Waals surface area contributed by atoms with Crippen LogP contribution in [0.2, 0.25) is 0 Å². The highest BCUT2D eigenvalue weighted by Gasteiger charge is 2.16. The molecule has 0 aliphatic rings. The van der Waals surface area contributed by atoms with Gasteiger partial charge in [0.25, 0.3) is 0 Å². The molecule has 0 amide bonds. The van der Waals surface area contributed by atoms with Gasteiger partial charge in [-0.1, -0.05) is 36.4 Å². The molecule has 66 heavy (non-hydrogen) atoms. The Morgan fingerprint density at radius 2 is 0.833 bits per heavy atom. The second-order valence-corrected chi connectivity index (χ2v) is 15.2. The van der Waals surface area contributed by atoms with E-state index in [1.807, 2.05) is 51.1 Å². The summed E-state index contributed by atoms with van der Waals surface area (Å²) in [5.74, 6) is -0.360. The van der Waals surface area contributed by atoms with Crippen molar-refractivity contribution in [3.8, 4) is 5.75 Å². The van der Waals surface area contributed by atoms with Gasteiger partial charge >= 0.3 is 11.9 Å². The van der Waals surface area contributed by atoms with Gasteiger partial charge in [0.1, 0.15) is 24.6 Å². The van der Waals surface area contributed by atoms with E-state index in [1.54, 1.807) is 24.3 Å². The van der Waals surface area contributed by atoms with E-state index in [0.717, 1.165) is 5.56 Å². The summed E-state index contributed by atoms with van der Waals surface area (Å²) in [4.78, 5) is 36.2. The van der Waals surface area contributed by atoms with E-state index in [4.69, 9.17) is 71.1 Å². The van der Waals surface area contributed by atoms with Crippen LogP contribution in [0.5, 0.6) is 5.75 Å². The van der Waals surface area contributed by atoms with E-state index in [0.29, 0.717) is 183 Å². The average Bonchev–Trinajstić information content (AvgIpc) is 3.30. The maximum atomic E-state index is 12.4. The van der Waals surface area contributed by atoms with Crippen molar-refractivity contribution in [2.75, 3.05) is 165 Å². The Morgan fingerprint density at radius 1 is 0.439 bits per heavy atom. The fourth-order valence-corrected chi connectivity index (χ4v) is 5.20. The quantitative estimate of drug-likeness (QED) is 0.0655. The number of ketones is 1. The summed E-state index contributed by atoms with van der Waals surface area (Å²) < 4.78 is 82.0. The maximum absolute atomic E-state index is 12.4. The largest absolute Gasteiger partial charge is 0.486 e. The summed E-state index contributed by atoms with van der Waals surface area (Å²) in [5.41, 5.74) is 0.773. The van der Waals surface area contributed by atoms with Gasteiger partial charge in [-0.2, -0.15) is 0 Å². The van der Waals surface area contributed by atoms with Crippen LogP contribution in [0.3, 0.4) is 0 Å². The van der Waals surface area contributed by atoms with Crippen LogP contribution in [0.1, 0.15) is 56.0 Å². The van der Waals surface area contributed by atoms with E-state index in [2.05, 4.69) is 0 Å². The van der Waals surface area contributed by atoms with Crippen molar-refractivity contribution >= 4 is 17.7 Å². The molecule has 18 heteroatoms. The summed E-state index contributed by atoms with van der Waals surface area (Å²) in [7, 11) is 0. The van der Waals surface area contributed by atoms with Gasteiger partial charge in [0.05, 0.1) is 164 Å². The molecular weight excluding hydrogens is 865 g/mol. The molecule has 0 saturated carbocycles. The first kappa shape index (κ1) is 58.5. The highest BCUT2D eigenvalue weighted by atomic mass is 16.6. The number of hydrogen-bond acceptors (Lipinski definition) is 18. The number of hydrogen-bond donors (Lipinski definition) is 0. The van der Waals surface area contributed by atoms with Gasteiger partial charge in [0, 0.05) is 13.0 Å². The van der Waals surface area contributed by atoms with Gasteiger partial charge in [-0.15, -0.1) is 0 Å². The van der Waals surface area contributed by atoms with Crippen LogP contribution in [-0.4, -0.2) is 188 Å². The summed E-state index contributed by atoms with van der Waals surface area (Å²) in [5, 5.41) is 0. The minimum absolute atomic E-state index is 0.0584. The van der Waals surface area contributed by atoms with E-state index in [9.17, 15) is 14.4 Å². The lowest BCUT2D eigenvalue weighted by Gasteiger charge is -2.19. The summed E-state index contributed by atoms with van der Waals surface area (Å²) in [6.45, 7) is 16.4. The zero-order valence-electron chi connectivity index (χ0n) is 39.6. The standard InChI is InChI=1S/C48H76O18/c1-48(2,3)66-46(50)14-16-53-18-20-55-22-24-57-26-28-59-30-32-61-34-36-63-38-37-62-35-33-60-31-29-58-27-25-56-23-21-54-19-17-52-15-8-12-44(49)41-64-45-13-7-11-43(39-45)47(51)65-40-42-9-5-4-6-10-42/h4-7,9-11,13,39H,8,12,14-38,40-41H2,1-3H3.